The molecule has 1 aromatic rings. The summed E-state index contributed by atoms with van der Waals surface area (Å²) in [6.07, 6.45) is 0. The van der Waals surface area contributed by atoms with Crippen LogP contribution in [0.2, 0.25) is 0 Å². The van der Waals surface area contributed by atoms with Crippen molar-refractivity contribution in [3.05, 3.63) is 29.8 Å². The van der Waals surface area contributed by atoms with Crippen LogP contribution in [0.4, 0.5) is 0 Å². The molecule has 0 aromatic heterocycles. The summed E-state index contributed by atoms with van der Waals surface area (Å²) in [6.45, 7) is 6.20. The molecular weight excluding hydrogens is 302 g/mol. The lowest BCUT2D eigenvalue weighted by atomic mass is 9.99. The fraction of sp³-hybridized carbons (Fsp3) is 0.500. The van der Waals surface area contributed by atoms with E-state index in [1.165, 1.54) is 0 Å². The summed E-state index contributed by atoms with van der Waals surface area (Å²) >= 11 is 3.50. The molecule has 0 fully saturated rings. The molecule has 0 heterocycles. The first-order valence-corrected chi connectivity index (χ1v) is 8.02. The molecule has 0 bridgehead atoms. The third kappa shape index (κ3) is 3.53. The molecule has 0 saturated heterocycles. The number of hydrogen-bond donors (Lipinski definition) is 1. The number of nitrogens with one attached hydrogen (secondary N) is 1. The Bertz CT molecular complexity index is 471. The standard InChI is InChI=1S/C12H18BrNO2S/c1-4-14-17(15,16)12-8-6-5-7-11(12)9(2)10(3)13/h5-10,14H,4H2,1-3H3. The molecule has 0 aliphatic carbocycles. The molecule has 1 N–H and O–H groups in total. The van der Waals surface area contributed by atoms with Gasteiger partial charge in [0.1, 0.15) is 0 Å². The zero-order valence-corrected chi connectivity index (χ0v) is 12.7. The highest BCUT2D eigenvalue weighted by Gasteiger charge is 2.22. The van der Waals surface area contributed by atoms with Gasteiger partial charge in [0.15, 0.2) is 0 Å². The SMILES string of the molecule is CCNS(=O)(=O)c1ccccc1C(C)C(C)Br. The number of halogens is 1. The summed E-state index contributed by atoms with van der Waals surface area (Å²) in [6, 6.07) is 7.14. The average molecular weight is 320 g/mol. The van der Waals surface area contributed by atoms with Crippen LogP contribution in [0.1, 0.15) is 32.3 Å². The minimum Gasteiger partial charge on any atom is -0.211 e. The summed E-state index contributed by atoms with van der Waals surface area (Å²) in [7, 11) is -3.39. The molecule has 96 valence electrons. The fourth-order valence-corrected chi connectivity index (χ4v) is 3.26. The Kier molecular flexibility index (Phi) is 5.16. The van der Waals surface area contributed by atoms with E-state index >= 15 is 0 Å². The van der Waals surface area contributed by atoms with Gasteiger partial charge in [0.05, 0.1) is 4.90 Å². The van der Waals surface area contributed by atoms with E-state index in [4.69, 9.17) is 0 Å². The van der Waals surface area contributed by atoms with E-state index in [2.05, 4.69) is 20.7 Å². The van der Waals surface area contributed by atoms with Crippen LogP contribution >= 0.6 is 15.9 Å². The molecular formula is C12H18BrNO2S. The number of hydrogen-bond acceptors (Lipinski definition) is 2. The minimum atomic E-state index is -3.39. The summed E-state index contributed by atoms with van der Waals surface area (Å²) < 4.78 is 26.6. The van der Waals surface area contributed by atoms with Crippen molar-refractivity contribution in [2.75, 3.05) is 6.54 Å². The van der Waals surface area contributed by atoms with E-state index in [0.717, 1.165) is 5.56 Å². The third-order valence-electron chi connectivity index (χ3n) is 2.72. The first-order chi connectivity index (χ1) is 7.90. The highest BCUT2D eigenvalue weighted by Crippen LogP contribution is 2.29. The molecule has 0 amide bonds. The van der Waals surface area contributed by atoms with Gasteiger partial charge in [-0.05, 0) is 17.5 Å². The van der Waals surface area contributed by atoms with Crippen molar-refractivity contribution in [3.63, 3.8) is 0 Å². The maximum atomic E-state index is 12.1. The average Bonchev–Trinajstić information content (AvgIpc) is 2.28. The van der Waals surface area contributed by atoms with Gasteiger partial charge in [-0.2, -0.15) is 0 Å². The van der Waals surface area contributed by atoms with Gasteiger partial charge in [0.25, 0.3) is 0 Å². The van der Waals surface area contributed by atoms with Crippen LogP contribution in [0.15, 0.2) is 29.2 Å². The Hall–Kier alpha value is -0.390. The van der Waals surface area contributed by atoms with Crippen molar-refractivity contribution in [1.82, 2.24) is 4.72 Å². The monoisotopic (exact) mass is 319 g/mol. The normalized spacial score (nSPS) is 15.5. The Labute approximate surface area is 112 Å². The van der Waals surface area contributed by atoms with E-state index in [1.807, 2.05) is 26.0 Å². The van der Waals surface area contributed by atoms with E-state index in [1.54, 1.807) is 19.1 Å². The Balaban J connectivity index is 3.26. The van der Waals surface area contributed by atoms with Crippen LogP contribution < -0.4 is 4.72 Å². The van der Waals surface area contributed by atoms with Crippen molar-refractivity contribution in [2.24, 2.45) is 0 Å². The second-order valence-electron chi connectivity index (χ2n) is 4.01. The highest BCUT2D eigenvalue weighted by atomic mass is 79.9. The van der Waals surface area contributed by atoms with E-state index in [9.17, 15) is 8.42 Å². The highest BCUT2D eigenvalue weighted by molar-refractivity contribution is 9.09. The molecule has 5 heteroatoms. The zero-order chi connectivity index (χ0) is 13.1. The molecule has 0 aliphatic rings. The predicted molar refractivity (Wildman–Crippen MR) is 74.1 cm³/mol. The first-order valence-electron chi connectivity index (χ1n) is 5.62. The van der Waals surface area contributed by atoms with E-state index in [0.29, 0.717) is 11.4 Å². The second-order valence-corrected chi connectivity index (χ2v) is 7.19. The largest absolute Gasteiger partial charge is 0.240 e. The van der Waals surface area contributed by atoms with Crippen molar-refractivity contribution in [3.8, 4) is 0 Å². The molecule has 0 spiro atoms. The Morgan fingerprint density at radius 3 is 2.41 bits per heavy atom. The van der Waals surface area contributed by atoms with Gasteiger partial charge in [0.2, 0.25) is 10.0 Å². The molecule has 2 atom stereocenters. The maximum Gasteiger partial charge on any atom is 0.240 e. The number of rotatable bonds is 5. The van der Waals surface area contributed by atoms with Gasteiger partial charge in [0, 0.05) is 11.4 Å². The van der Waals surface area contributed by atoms with Crippen molar-refractivity contribution in [1.29, 1.82) is 0 Å². The lowest BCUT2D eigenvalue weighted by Gasteiger charge is -2.18. The van der Waals surface area contributed by atoms with E-state index < -0.39 is 10.0 Å². The van der Waals surface area contributed by atoms with Crippen molar-refractivity contribution in [2.45, 2.75) is 36.4 Å². The zero-order valence-electron chi connectivity index (χ0n) is 10.3. The van der Waals surface area contributed by atoms with Crippen LogP contribution in [-0.2, 0) is 10.0 Å². The fourth-order valence-electron chi connectivity index (χ4n) is 1.62. The van der Waals surface area contributed by atoms with Crippen molar-refractivity contribution < 1.29 is 8.42 Å². The quantitative estimate of drug-likeness (QED) is 0.848. The van der Waals surface area contributed by atoms with Gasteiger partial charge in [-0.25, -0.2) is 13.1 Å². The van der Waals surface area contributed by atoms with Crippen LogP contribution in [0.5, 0.6) is 0 Å². The maximum absolute atomic E-state index is 12.1. The molecule has 0 aliphatic heterocycles. The summed E-state index contributed by atoms with van der Waals surface area (Å²) in [5.74, 6) is 0.139. The topological polar surface area (TPSA) is 46.2 Å². The minimum absolute atomic E-state index is 0.139. The summed E-state index contributed by atoms with van der Waals surface area (Å²) in [5, 5.41) is 0. The van der Waals surface area contributed by atoms with Gasteiger partial charge in [-0.1, -0.05) is 54.9 Å². The van der Waals surface area contributed by atoms with E-state index in [-0.39, 0.29) is 10.7 Å². The molecule has 1 aromatic carbocycles. The number of sulfonamides is 1. The van der Waals surface area contributed by atoms with Crippen LogP contribution in [0, 0.1) is 0 Å². The van der Waals surface area contributed by atoms with Crippen LogP contribution in [0.3, 0.4) is 0 Å². The first kappa shape index (κ1) is 14.7. The third-order valence-corrected chi connectivity index (χ3v) is 5.13. The molecule has 2 unspecified atom stereocenters. The van der Waals surface area contributed by atoms with Gasteiger partial charge in [-0.15, -0.1) is 0 Å². The van der Waals surface area contributed by atoms with Crippen LogP contribution in [0.25, 0.3) is 0 Å². The van der Waals surface area contributed by atoms with Gasteiger partial charge in [-0.3, -0.25) is 0 Å². The second kappa shape index (κ2) is 5.98. The van der Waals surface area contributed by atoms with Crippen molar-refractivity contribution >= 4 is 26.0 Å². The Morgan fingerprint density at radius 1 is 1.29 bits per heavy atom. The lowest BCUT2D eigenvalue weighted by Crippen LogP contribution is -2.25. The lowest BCUT2D eigenvalue weighted by molar-refractivity contribution is 0.580. The van der Waals surface area contributed by atoms with Gasteiger partial charge >= 0.3 is 0 Å². The molecule has 0 saturated carbocycles. The summed E-state index contributed by atoms with van der Waals surface area (Å²) in [4.78, 5) is 0.598. The van der Waals surface area contributed by atoms with Gasteiger partial charge < -0.3 is 0 Å². The molecule has 17 heavy (non-hydrogen) atoms. The smallest absolute Gasteiger partial charge is 0.211 e. The molecule has 1 rings (SSSR count). The molecule has 0 radical (unpaired) electrons. The number of benzene rings is 1. The van der Waals surface area contributed by atoms with Crippen LogP contribution in [-0.4, -0.2) is 19.8 Å². The Morgan fingerprint density at radius 2 is 1.88 bits per heavy atom. The predicted octanol–water partition coefficient (Wildman–Crippen LogP) is 2.87. The molecule has 3 nitrogen and oxygen atoms in total. The summed E-state index contributed by atoms with van der Waals surface area (Å²) in [5.41, 5.74) is 0.845. The number of alkyl halides is 1.